The quantitative estimate of drug-likeness (QED) is 0.607. The van der Waals surface area contributed by atoms with Crippen LogP contribution in [0.3, 0.4) is 0 Å². The van der Waals surface area contributed by atoms with Crippen molar-refractivity contribution >= 4 is 28.0 Å². The lowest BCUT2D eigenvalue weighted by molar-refractivity contribution is -0.119. The predicted molar refractivity (Wildman–Crippen MR) is 108 cm³/mol. The number of carbonyl (C=O) groups excluding carboxylic acids is 2. The number of methoxy groups -OCH3 is 1. The first-order chi connectivity index (χ1) is 13.2. The van der Waals surface area contributed by atoms with Crippen LogP contribution in [-0.2, 0) is 4.79 Å². The van der Waals surface area contributed by atoms with Gasteiger partial charge in [0.1, 0.15) is 5.75 Å². The molecule has 6 nitrogen and oxygen atoms in total. The summed E-state index contributed by atoms with van der Waals surface area (Å²) in [6, 6.07) is 8.80. The molecule has 144 valence electrons. The molecule has 0 aliphatic carbocycles. The third-order valence-electron chi connectivity index (χ3n) is 4.72. The summed E-state index contributed by atoms with van der Waals surface area (Å²) in [5.41, 5.74) is 1.17. The topological polar surface area (TPSA) is 79.5 Å². The molecule has 1 aliphatic rings. The third-order valence-corrected chi connectivity index (χ3v) is 5.59. The number of rotatable bonds is 8. The first-order valence-corrected chi connectivity index (χ1v) is 10.0. The molecule has 2 heterocycles. The molecular formula is C20H25N3O3S. The Balaban J connectivity index is 1.53. The highest BCUT2D eigenvalue weighted by Gasteiger charge is 2.17. The van der Waals surface area contributed by atoms with Gasteiger partial charge in [-0.15, -0.1) is 11.3 Å². The lowest BCUT2D eigenvalue weighted by atomic mass is 9.98. The Kier molecular flexibility index (Phi) is 6.84. The van der Waals surface area contributed by atoms with Crippen LogP contribution in [0.25, 0.3) is 0 Å². The molecule has 2 aromatic rings. The summed E-state index contributed by atoms with van der Waals surface area (Å²) < 4.78 is 5.13. The van der Waals surface area contributed by atoms with E-state index in [1.165, 1.54) is 11.3 Å². The molecule has 3 N–H and O–H groups in total. The molecule has 0 radical (unpaired) electrons. The molecule has 0 saturated carbocycles. The molecule has 1 fully saturated rings. The van der Waals surface area contributed by atoms with Gasteiger partial charge < -0.3 is 20.7 Å². The van der Waals surface area contributed by atoms with E-state index in [1.807, 2.05) is 5.38 Å². The second-order valence-corrected chi connectivity index (χ2v) is 7.49. The predicted octanol–water partition coefficient (Wildman–Crippen LogP) is 2.52. The van der Waals surface area contributed by atoms with Gasteiger partial charge in [0.15, 0.2) is 5.78 Å². The number of thiophene rings is 1. The average molecular weight is 388 g/mol. The molecule has 7 heteroatoms. The highest BCUT2D eigenvalue weighted by Crippen LogP contribution is 2.26. The summed E-state index contributed by atoms with van der Waals surface area (Å²) in [7, 11) is 1.59. The molecule has 3 rings (SSSR count). The minimum atomic E-state index is -0.0727. The van der Waals surface area contributed by atoms with E-state index in [0.29, 0.717) is 34.3 Å². The van der Waals surface area contributed by atoms with E-state index in [4.69, 9.17) is 4.74 Å². The summed E-state index contributed by atoms with van der Waals surface area (Å²) >= 11 is 1.42. The fourth-order valence-corrected chi connectivity index (χ4v) is 3.87. The summed E-state index contributed by atoms with van der Waals surface area (Å²) in [5.74, 6) is 1.13. The molecule has 0 bridgehead atoms. The monoisotopic (exact) mass is 387 g/mol. The molecule has 0 unspecified atom stereocenters. The van der Waals surface area contributed by atoms with Crippen molar-refractivity contribution in [3.8, 4) is 5.75 Å². The van der Waals surface area contributed by atoms with E-state index in [1.54, 1.807) is 37.4 Å². The van der Waals surface area contributed by atoms with Crippen molar-refractivity contribution in [3.05, 3.63) is 46.8 Å². The first kappa shape index (κ1) is 19.4. The lowest BCUT2D eigenvalue weighted by Gasteiger charge is -2.22. The Morgan fingerprint density at radius 2 is 1.93 bits per heavy atom. The molecule has 1 saturated heterocycles. The van der Waals surface area contributed by atoms with Crippen LogP contribution in [0.5, 0.6) is 5.75 Å². The van der Waals surface area contributed by atoms with E-state index in [0.717, 1.165) is 25.9 Å². The van der Waals surface area contributed by atoms with Crippen LogP contribution in [-0.4, -0.2) is 45.0 Å². The molecule has 27 heavy (non-hydrogen) atoms. The van der Waals surface area contributed by atoms with Gasteiger partial charge in [-0.05, 0) is 67.6 Å². The van der Waals surface area contributed by atoms with Crippen molar-refractivity contribution < 1.29 is 14.3 Å². The zero-order valence-corrected chi connectivity index (χ0v) is 16.2. The molecule has 1 amide bonds. The Morgan fingerprint density at radius 1 is 1.19 bits per heavy atom. The number of benzene rings is 1. The summed E-state index contributed by atoms with van der Waals surface area (Å²) in [6.07, 6.45) is 2.19. The van der Waals surface area contributed by atoms with Crippen LogP contribution < -0.4 is 20.7 Å². The van der Waals surface area contributed by atoms with Crippen LogP contribution in [0.1, 0.15) is 28.8 Å². The molecular weight excluding hydrogens is 362 g/mol. The van der Waals surface area contributed by atoms with Gasteiger partial charge in [0.25, 0.3) is 0 Å². The van der Waals surface area contributed by atoms with Crippen molar-refractivity contribution in [2.75, 3.05) is 38.6 Å². The zero-order valence-electron chi connectivity index (χ0n) is 15.4. The Bertz CT molecular complexity index is 767. The summed E-state index contributed by atoms with van der Waals surface area (Å²) in [4.78, 5) is 24.8. The minimum absolute atomic E-state index is 0.0511. The molecule has 1 aliphatic heterocycles. The Labute approximate surface area is 163 Å². The lowest BCUT2D eigenvalue weighted by Crippen LogP contribution is -2.38. The van der Waals surface area contributed by atoms with Gasteiger partial charge in [0, 0.05) is 12.1 Å². The largest absolute Gasteiger partial charge is 0.497 e. The minimum Gasteiger partial charge on any atom is -0.497 e. The molecule has 1 aromatic carbocycles. The van der Waals surface area contributed by atoms with E-state index in [-0.39, 0.29) is 18.2 Å². The number of carbonyl (C=O) groups is 2. The van der Waals surface area contributed by atoms with E-state index < -0.39 is 0 Å². The molecule has 1 aromatic heterocycles. The fourth-order valence-electron chi connectivity index (χ4n) is 3.09. The zero-order chi connectivity index (χ0) is 19.1. The van der Waals surface area contributed by atoms with E-state index in [9.17, 15) is 9.59 Å². The summed E-state index contributed by atoms with van der Waals surface area (Å²) in [5, 5.41) is 12.0. The Morgan fingerprint density at radius 3 is 2.63 bits per heavy atom. The van der Waals surface area contributed by atoms with Gasteiger partial charge in [0.05, 0.1) is 24.2 Å². The van der Waals surface area contributed by atoms with Gasteiger partial charge in [-0.25, -0.2) is 0 Å². The Hall–Kier alpha value is -2.38. The normalized spacial score (nSPS) is 14.6. The van der Waals surface area contributed by atoms with Crippen LogP contribution >= 0.6 is 11.3 Å². The van der Waals surface area contributed by atoms with E-state index >= 15 is 0 Å². The average Bonchev–Trinajstić information content (AvgIpc) is 3.19. The number of ketones is 1. The second-order valence-electron chi connectivity index (χ2n) is 6.57. The van der Waals surface area contributed by atoms with Crippen LogP contribution in [0, 0.1) is 5.92 Å². The number of ether oxygens (including phenoxy) is 1. The van der Waals surface area contributed by atoms with Crippen LogP contribution in [0.15, 0.2) is 35.7 Å². The number of piperidine rings is 1. The number of amides is 1. The number of hydrogen-bond donors (Lipinski definition) is 3. The van der Waals surface area contributed by atoms with Crippen molar-refractivity contribution in [1.82, 2.24) is 10.6 Å². The van der Waals surface area contributed by atoms with Gasteiger partial charge in [-0.2, -0.15) is 0 Å². The van der Waals surface area contributed by atoms with Gasteiger partial charge in [-0.3, -0.25) is 9.59 Å². The maximum Gasteiger partial charge on any atom is 0.239 e. The van der Waals surface area contributed by atoms with Crippen molar-refractivity contribution in [1.29, 1.82) is 0 Å². The molecule has 0 spiro atoms. The highest BCUT2D eigenvalue weighted by molar-refractivity contribution is 7.14. The molecule has 0 atom stereocenters. The standard InChI is InChI=1S/C20H25N3O3S/c1-26-16-4-2-15(3-5-16)19(25)17-8-11-27-20(17)23-13-18(24)22-12-14-6-9-21-10-7-14/h2-5,8,11,14,21,23H,6-7,9-10,12-13H2,1H3,(H,22,24). The number of anilines is 1. The van der Waals surface area contributed by atoms with Crippen molar-refractivity contribution in [2.45, 2.75) is 12.8 Å². The van der Waals surface area contributed by atoms with Crippen LogP contribution in [0.4, 0.5) is 5.00 Å². The maximum absolute atomic E-state index is 12.7. The first-order valence-electron chi connectivity index (χ1n) is 9.15. The van der Waals surface area contributed by atoms with Crippen molar-refractivity contribution in [3.63, 3.8) is 0 Å². The highest BCUT2D eigenvalue weighted by atomic mass is 32.1. The van der Waals surface area contributed by atoms with Gasteiger partial charge in [0.2, 0.25) is 5.91 Å². The van der Waals surface area contributed by atoms with Gasteiger partial charge in [-0.1, -0.05) is 0 Å². The fraction of sp³-hybridized carbons (Fsp3) is 0.400. The third kappa shape index (κ3) is 5.30. The maximum atomic E-state index is 12.7. The van der Waals surface area contributed by atoms with Crippen molar-refractivity contribution in [2.24, 2.45) is 5.92 Å². The van der Waals surface area contributed by atoms with Gasteiger partial charge >= 0.3 is 0 Å². The SMILES string of the molecule is COc1ccc(C(=O)c2ccsc2NCC(=O)NCC2CCNCC2)cc1. The summed E-state index contributed by atoms with van der Waals surface area (Å²) in [6.45, 7) is 2.91. The second kappa shape index (κ2) is 9.53. The van der Waals surface area contributed by atoms with E-state index in [2.05, 4.69) is 16.0 Å². The smallest absolute Gasteiger partial charge is 0.239 e. The number of hydrogen-bond acceptors (Lipinski definition) is 6. The number of nitrogens with one attached hydrogen (secondary N) is 3. The van der Waals surface area contributed by atoms with Crippen LogP contribution in [0.2, 0.25) is 0 Å².